The summed E-state index contributed by atoms with van der Waals surface area (Å²) < 4.78 is 1.99. The molecule has 0 N–H and O–H groups in total. The lowest BCUT2D eigenvalue weighted by atomic mass is 10.4. The first-order chi connectivity index (χ1) is 6.22. The van der Waals surface area contributed by atoms with Gasteiger partial charge in [0.2, 0.25) is 0 Å². The molecule has 0 unspecified atom stereocenters. The van der Waals surface area contributed by atoms with E-state index in [1.165, 1.54) is 0 Å². The van der Waals surface area contributed by atoms with Gasteiger partial charge in [-0.15, -0.1) is 0 Å². The van der Waals surface area contributed by atoms with E-state index in [0.717, 1.165) is 23.4 Å². The van der Waals surface area contributed by atoms with Crippen LogP contribution in [0.1, 0.15) is 12.7 Å². The number of aromatic nitrogens is 3. The number of fused-ring (bicyclic) bond motifs is 1. The average Bonchev–Trinajstić information content (AvgIpc) is 2.42. The summed E-state index contributed by atoms with van der Waals surface area (Å²) in [4.78, 5) is 8.62. The molecule has 68 valence electrons. The fourth-order valence-corrected chi connectivity index (χ4v) is 1.57. The van der Waals surface area contributed by atoms with Crippen molar-refractivity contribution in [2.24, 2.45) is 7.05 Å². The fourth-order valence-electron chi connectivity index (χ4n) is 1.41. The minimum atomic E-state index is 0.633. The topological polar surface area (TPSA) is 30.7 Å². The molecule has 2 aromatic rings. The van der Waals surface area contributed by atoms with Crippen molar-refractivity contribution in [2.75, 3.05) is 0 Å². The summed E-state index contributed by atoms with van der Waals surface area (Å²) in [5.74, 6) is 1.03. The fraction of sp³-hybridized carbons (Fsp3) is 0.333. The predicted molar refractivity (Wildman–Crippen MR) is 52.9 cm³/mol. The van der Waals surface area contributed by atoms with Gasteiger partial charge in [0.25, 0.3) is 0 Å². The summed E-state index contributed by atoms with van der Waals surface area (Å²) in [6.07, 6.45) is 2.55. The van der Waals surface area contributed by atoms with Crippen molar-refractivity contribution in [3.05, 3.63) is 23.1 Å². The first kappa shape index (κ1) is 8.51. The summed E-state index contributed by atoms with van der Waals surface area (Å²) in [6.45, 7) is 2.07. The number of hydrogen-bond acceptors (Lipinski definition) is 2. The number of rotatable bonds is 1. The zero-order valence-corrected chi connectivity index (χ0v) is 8.34. The van der Waals surface area contributed by atoms with E-state index < -0.39 is 0 Å². The van der Waals surface area contributed by atoms with Crippen LogP contribution in [0.25, 0.3) is 11.2 Å². The van der Waals surface area contributed by atoms with Gasteiger partial charge in [-0.05, 0) is 6.07 Å². The van der Waals surface area contributed by atoms with Crippen molar-refractivity contribution in [3.63, 3.8) is 0 Å². The van der Waals surface area contributed by atoms with Gasteiger partial charge in [-0.1, -0.05) is 18.5 Å². The molecule has 0 bridgehead atoms. The summed E-state index contributed by atoms with van der Waals surface area (Å²) in [7, 11) is 1.97. The van der Waals surface area contributed by atoms with Gasteiger partial charge < -0.3 is 4.57 Å². The van der Waals surface area contributed by atoms with Crippen LogP contribution in [-0.2, 0) is 13.5 Å². The molecule has 0 aromatic carbocycles. The van der Waals surface area contributed by atoms with E-state index in [4.69, 9.17) is 11.6 Å². The van der Waals surface area contributed by atoms with Crippen molar-refractivity contribution in [1.29, 1.82) is 0 Å². The molecule has 0 saturated heterocycles. The maximum atomic E-state index is 5.81. The van der Waals surface area contributed by atoms with Crippen molar-refractivity contribution in [3.8, 4) is 0 Å². The maximum Gasteiger partial charge on any atom is 0.159 e. The summed E-state index contributed by atoms with van der Waals surface area (Å²) >= 11 is 5.81. The molecule has 0 aliphatic carbocycles. The Labute approximate surface area is 81.4 Å². The first-order valence-electron chi connectivity index (χ1n) is 4.19. The quantitative estimate of drug-likeness (QED) is 0.699. The van der Waals surface area contributed by atoms with Crippen LogP contribution < -0.4 is 0 Å². The second-order valence-electron chi connectivity index (χ2n) is 2.94. The Kier molecular flexibility index (Phi) is 1.96. The largest absolute Gasteiger partial charge is 0.316 e. The second kappa shape index (κ2) is 3.00. The number of pyridine rings is 1. The molecule has 0 fully saturated rings. The van der Waals surface area contributed by atoms with Gasteiger partial charge in [-0.25, -0.2) is 9.97 Å². The Morgan fingerprint density at radius 2 is 2.31 bits per heavy atom. The number of halogens is 1. The van der Waals surface area contributed by atoms with Gasteiger partial charge in [0.1, 0.15) is 11.3 Å². The van der Waals surface area contributed by atoms with E-state index >= 15 is 0 Å². The molecule has 2 aromatic heterocycles. The van der Waals surface area contributed by atoms with Crippen molar-refractivity contribution < 1.29 is 0 Å². The highest BCUT2D eigenvalue weighted by atomic mass is 35.5. The lowest BCUT2D eigenvalue weighted by Gasteiger charge is -1.96. The van der Waals surface area contributed by atoms with E-state index in [2.05, 4.69) is 16.9 Å². The molecule has 13 heavy (non-hydrogen) atoms. The van der Waals surface area contributed by atoms with Crippen LogP contribution in [0.2, 0.25) is 5.02 Å². The Bertz CT molecular complexity index is 447. The lowest BCUT2D eigenvalue weighted by Crippen LogP contribution is -1.95. The van der Waals surface area contributed by atoms with Gasteiger partial charge in [-0.3, -0.25) is 0 Å². The van der Waals surface area contributed by atoms with Crippen LogP contribution >= 0.6 is 11.6 Å². The molecule has 0 atom stereocenters. The minimum Gasteiger partial charge on any atom is -0.316 e. The third kappa shape index (κ3) is 1.29. The normalized spacial score (nSPS) is 11.0. The Morgan fingerprint density at radius 1 is 1.54 bits per heavy atom. The average molecular weight is 196 g/mol. The number of aryl methyl sites for hydroxylation is 2. The van der Waals surface area contributed by atoms with Gasteiger partial charge in [-0.2, -0.15) is 0 Å². The van der Waals surface area contributed by atoms with Crippen LogP contribution in [0.15, 0.2) is 12.3 Å². The predicted octanol–water partition coefficient (Wildman–Crippen LogP) is 2.18. The van der Waals surface area contributed by atoms with Gasteiger partial charge in [0.05, 0.1) is 5.02 Å². The first-order valence-corrected chi connectivity index (χ1v) is 4.57. The third-order valence-electron chi connectivity index (χ3n) is 2.08. The number of nitrogens with zero attached hydrogens (tertiary/aromatic N) is 3. The molecule has 0 amide bonds. The number of hydrogen-bond donors (Lipinski definition) is 0. The molecule has 4 heteroatoms. The zero-order chi connectivity index (χ0) is 9.42. The van der Waals surface area contributed by atoms with E-state index in [1.807, 2.05) is 17.7 Å². The molecule has 0 aliphatic heterocycles. The van der Waals surface area contributed by atoms with Crippen molar-refractivity contribution >= 4 is 22.8 Å². The molecule has 0 radical (unpaired) electrons. The van der Waals surface area contributed by atoms with E-state index in [0.29, 0.717) is 5.02 Å². The van der Waals surface area contributed by atoms with E-state index in [1.54, 1.807) is 6.20 Å². The lowest BCUT2D eigenvalue weighted by molar-refractivity contribution is 0.821. The monoisotopic (exact) mass is 195 g/mol. The minimum absolute atomic E-state index is 0.633. The van der Waals surface area contributed by atoms with Crippen LogP contribution in [0, 0.1) is 0 Å². The Hall–Kier alpha value is -1.09. The Morgan fingerprint density at radius 3 is 3.00 bits per heavy atom. The molecular weight excluding hydrogens is 186 g/mol. The maximum absolute atomic E-state index is 5.81. The zero-order valence-electron chi connectivity index (χ0n) is 7.58. The molecule has 2 rings (SSSR count). The van der Waals surface area contributed by atoms with Gasteiger partial charge in [0.15, 0.2) is 5.65 Å². The summed E-state index contributed by atoms with van der Waals surface area (Å²) in [5, 5.41) is 0.633. The highest BCUT2D eigenvalue weighted by Crippen LogP contribution is 2.16. The van der Waals surface area contributed by atoms with Crippen LogP contribution in [0.3, 0.4) is 0 Å². The van der Waals surface area contributed by atoms with E-state index in [9.17, 15) is 0 Å². The van der Waals surface area contributed by atoms with Crippen molar-refractivity contribution in [1.82, 2.24) is 14.5 Å². The second-order valence-corrected chi connectivity index (χ2v) is 3.37. The van der Waals surface area contributed by atoms with Crippen LogP contribution in [0.5, 0.6) is 0 Å². The molecule has 3 nitrogen and oxygen atoms in total. The standard InChI is InChI=1S/C9H10ClN3/c1-3-8-12-7-4-6(10)5-11-9(7)13(8)2/h4-5H,3H2,1-2H3. The molecule has 0 aliphatic rings. The molecular formula is C9H10ClN3. The van der Waals surface area contributed by atoms with Crippen LogP contribution in [0.4, 0.5) is 0 Å². The third-order valence-corrected chi connectivity index (χ3v) is 2.29. The summed E-state index contributed by atoms with van der Waals surface area (Å²) in [5.41, 5.74) is 1.76. The summed E-state index contributed by atoms with van der Waals surface area (Å²) in [6, 6.07) is 1.84. The molecule has 0 spiro atoms. The smallest absolute Gasteiger partial charge is 0.159 e. The SMILES string of the molecule is CCc1nc2cc(Cl)cnc2n1C. The highest BCUT2D eigenvalue weighted by Gasteiger charge is 2.06. The Balaban J connectivity index is 2.76. The van der Waals surface area contributed by atoms with E-state index in [-0.39, 0.29) is 0 Å². The molecule has 2 heterocycles. The van der Waals surface area contributed by atoms with Gasteiger partial charge >= 0.3 is 0 Å². The van der Waals surface area contributed by atoms with Gasteiger partial charge in [0, 0.05) is 19.7 Å². The molecule has 0 saturated carbocycles. The van der Waals surface area contributed by atoms with Crippen LogP contribution in [-0.4, -0.2) is 14.5 Å². The van der Waals surface area contributed by atoms with Crippen molar-refractivity contribution in [2.45, 2.75) is 13.3 Å². The highest BCUT2D eigenvalue weighted by molar-refractivity contribution is 6.31. The number of imidazole rings is 1.